The predicted molar refractivity (Wildman–Crippen MR) is 102 cm³/mol. The molecule has 1 N–H and O–H groups in total. The van der Waals surface area contributed by atoms with Gasteiger partial charge in [0.1, 0.15) is 23.6 Å². The molecule has 1 unspecified atom stereocenters. The fourth-order valence-corrected chi connectivity index (χ4v) is 4.15. The lowest BCUT2D eigenvalue weighted by Gasteiger charge is -2.44. The number of nitrogens with one attached hydrogen (secondary N) is 1. The Labute approximate surface area is 168 Å². The lowest BCUT2D eigenvalue weighted by Crippen LogP contribution is -2.49. The summed E-state index contributed by atoms with van der Waals surface area (Å²) in [7, 11) is 0. The minimum Gasteiger partial charge on any atom is -0.487 e. The topological polar surface area (TPSA) is 65.4 Å². The zero-order valence-electron chi connectivity index (χ0n) is 16.6. The molecule has 1 atom stereocenters. The molecule has 2 aromatic rings. The van der Waals surface area contributed by atoms with Crippen LogP contribution in [0.15, 0.2) is 24.3 Å². The molecule has 1 amide bonds. The van der Waals surface area contributed by atoms with E-state index in [1.54, 1.807) is 6.92 Å². The molecule has 0 aliphatic carbocycles. The number of alkyl halides is 2. The summed E-state index contributed by atoms with van der Waals surface area (Å²) in [5, 5.41) is 6.93. The molecule has 2 aliphatic heterocycles. The summed E-state index contributed by atoms with van der Waals surface area (Å²) >= 11 is 0. The number of benzene rings is 1. The Morgan fingerprint density at radius 3 is 2.76 bits per heavy atom. The van der Waals surface area contributed by atoms with E-state index in [-0.39, 0.29) is 29.8 Å². The Morgan fingerprint density at radius 1 is 1.31 bits per heavy atom. The molecule has 2 aliphatic rings. The second kappa shape index (κ2) is 7.74. The molecular formula is C21H25F2N3O3. The van der Waals surface area contributed by atoms with Gasteiger partial charge in [0.25, 0.3) is 6.43 Å². The Bertz CT molecular complexity index is 907. The van der Waals surface area contributed by atoms with Crippen molar-refractivity contribution in [2.24, 2.45) is 0 Å². The SMILES string of the molecule is Cc1ccc2c(c1)C(NC(=O)Cn1nc(C(F)F)cc1C)CC1(CCOCC1)O2. The van der Waals surface area contributed by atoms with Crippen molar-refractivity contribution in [1.82, 2.24) is 15.1 Å². The van der Waals surface area contributed by atoms with Crippen LogP contribution in [0.2, 0.25) is 0 Å². The van der Waals surface area contributed by atoms with E-state index in [1.807, 2.05) is 25.1 Å². The van der Waals surface area contributed by atoms with E-state index in [4.69, 9.17) is 9.47 Å². The monoisotopic (exact) mass is 405 g/mol. The van der Waals surface area contributed by atoms with E-state index >= 15 is 0 Å². The van der Waals surface area contributed by atoms with Gasteiger partial charge in [-0.05, 0) is 26.0 Å². The standard InChI is InChI=1S/C21H25F2N3O3/c1-13-3-4-18-15(9-13)17(11-21(29-18)5-7-28-8-6-21)24-19(27)12-26-14(2)10-16(25-26)20(22)23/h3-4,9-10,17,20H,5-8,11-12H2,1-2H3,(H,24,27). The van der Waals surface area contributed by atoms with Crippen LogP contribution < -0.4 is 10.1 Å². The first kappa shape index (κ1) is 19.8. The number of nitrogens with zero attached hydrogens (tertiary/aromatic N) is 2. The second-order valence-corrected chi connectivity index (χ2v) is 7.93. The van der Waals surface area contributed by atoms with Crippen molar-refractivity contribution in [3.63, 3.8) is 0 Å². The molecule has 1 saturated heterocycles. The summed E-state index contributed by atoms with van der Waals surface area (Å²) < 4.78 is 38.9. The quantitative estimate of drug-likeness (QED) is 0.844. The maximum atomic E-state index is 12.9. The number of halogens is 2. The highest BCUT2D eigenvalue weighted by Crippen LogP contribution is 2.44. The first-order chi connectivity index (χ1) is 13.8. The van der Waals surface area contributed by atoms with Crippen LogP contribution in [0.5, 0.6) is 5.75 Å². The summed E-state index contributed by atoms with van der Waals surface area (Å²) in [5.74, 6) is 0.517. The van der Waals surface area contributed by atoms with Crippen LogP contribution in [0, 0.1) is 13.8 Å². The van der Waals surface area contributed by atoms with Gasteiger partial charge in [0.05, 0.1) is 19.3 Å². The molecule has 8 heteroatoms. The van der Waals surface area contributed by atoms with Crippen molar-refractivity contribution in [3.8, 4) is 5.75 Å². The molecule has 0 bridgehead atoms. The summed E-state index contributed by atoms with van der Waals surface area (Å²) in [6.45, 7) is 4.82. The van der Waals surface area contributed by atoms with E-state index in [2.05, 4.69) is 10.4 Å². The third-order valence-corrected chi connectivity index (χ3v) is 5.70. The molecular weight excluding hydrogens is 380 g/mol. The van der Waals surface area contributed by atoms with Crippen molar-refractivity contribution >= 4 is 5.91 Å². The van der Waals surface area contributed by atoms with Gasteiger partial charge in [0, 0.05) is 30.5 Å². The van der Waals surface area contributed by atoms with E-state index in [1.165, 1.54) is 10.7 Å². The normalized spacial score (nSPS) is 20.4. The number of carbonyl (C=O) groups excluding carboxylic acids is 1. The number of hydrogen-bond donors (Lipinski definition) is 1. The predicted octanol–water partition coefficient (Wildman–Crippen LogP) is 3.63. The highest BCUT2D eigenvalue weighted by molar-refractivity contribution is 5.76. The lowest BCUT2D eigenvalue weighted by atomic mass is 9.81. The molecule has 1 aromatic heterocycles. The summed E-state index contributed by atoms with van der Waals surface area (Å²) in [6, 6.07) is 7.07. The van der Waals surface area contributed by atoms with E-state index in [0.717, 1.165) is 29.7 Å². The smallest absolute Gasteiger partial charge is 0.282 e. The van der Waals surface area contributed by atoms with Gasteiger partial charge in [-0.15, -0.1) is 0 Å². The molecule has 1 fully saturated rings. The number of carbonyl (C=O) groups is 1. The fourth-order valence-electron chi connectivity index (χ4n) is 4.15. The molecule has 156 valence electrons. The lowest BCUT2D eigenvalue weighted by molar-refractivity contribution is -0.124. The van der Waals surface area contributed by atoms with Gasteiger partial charge in [0.15, 0.2) is 0 Å². The van der Waals surface area contributed by atoms with Crippen molar-refractivity contribution < 1.29 is 23.0 Å². The number of aromatic nitrogens is 2. The largest absolute Gasteiger partial charge is 0.487 e. The van der Waals surface area contributed by atoms with Gasteiger partial charge >= 0.3 is 0 Å². The second-order valence-electron chi connectivity index (χ2n) is 7.93. The zero-order valence-corrected chi connectivity index (χ0v) is 16.6. The van der Waals surface area contributed by atoms with Gasteiger partial charge in [-0.25, -0.2) is 8.78 Å². The Balaban J connectivity index is 1.55. The number of ether oxygens (including phenoxy) is 2. The summed E-state index contributed by atoms with van der Waals surface area (Å²) in [6.07, 6.45) is -0.471. The van der Waals surface area contributed by atoms with Gasteiger partial charge in [-0.2, -0.15) is 5.10 Å². The Kier molecular flexibility index (Phi) is 5.29. The van der Waals surface area contributed by atoms with Crippen LogP contribution in [0.1, 0.15) is 54.2 Å². The molecule has 0 radical (unpaired) electrons. The van der Waals surface area contributed by atoms with Crippen LogP contribution in [0.3, 0.4) is 0 Å². The van der Waals surface area contributed by atoms with Gasteiger partial charge in [-0.3, -0.25) is 9.48 Å². The average molecular weight is 405 g/mol. The van der Waals surface area contributed by atoms with Gasteiger partial charge in [0.2, 0.25) is 5.91 Å². The summed E-state index contributed by atoms with van der Waals surface area (Å²) in [5.41, 5.74) is 1.88. The minimum atomic E-state index is -2.66. The Hall–Kier alpha value is -2.48. The third kappa shape index (κ3) is 4.12. The number of aryl methyl sites for hydroxylation is 2. The first-order valence-corrected chi connectivity index (χ1v) is 9.84. The number of rotatable bonds is 4. The highest BCUT2D eigenvalue weighted by atomic mass is 19.3. The van der Waals surface area contributed by atoms with Gasteiger partial charge in [-0.1, -0.05) is 17.7 Å². The highest BCUT2D eigenvalue weighted by Gasteiger charge is 2.42. The van der Waals surface area contributed by atoms with Crippen LogP contribution in [-0.2, 0) is 16.1 Å². The average Bonchev–Trinajstić information content (AvgIpc) is 3.04. The van der Waals surface area contributed by atoms with Crippen LogP contribution in [-0.4, -0.2) is 34.5 Å². The molecule has 1 spiro atoms. The minimum absolute atomic E-state index is 0.104. The third-order valence-electron chi connectivity index (χ3n) is 5.70. The number of amides is 1. The van der Waals surface area contributed by atoms with Crippen LogP contribution in [0.25, 0.3) is 0 Å². The molecule has 29 heavy (non-hydrogen) atoms. The van der Waals surface area contributed by atoms with Crippen LogP contribution in [0.4, 0.5) is 8.78 Å². The van der Waals surface area contributed by atoms with Crippen molar-refractivity contribution in [3.05, 3.63) is 46.8 Å². The molecule has 1 aromatic carbocycles. The maximum absolute atomic E-state index is 12.9. The number of hydrogen-bond acceptors (Lipinski definition) is 4. The first-order valence-electron chi connectivity index (χ1n) is 9.84. The summed E-state index contributed by atoms with van der Waals surface area (Å²) in [4.78, 5) is 12.8. The van der Waals surface area contributed by atoms with Crippen molar-refractivity contribution in [2.75, 3.05) is 13.2 Å². The van der Waals surface area contributed by atoms with E-state index < -0.39 is 6.43 Å². The van der Waals surface area contributed by atoms with Crippen molar-refractivity contribution in [1.29, 1.82) is 0 Å². The molecule has 4 rings (SSSR count). The van der Waals surface area contributed by atoms with E-state index in [0.29, 0.717) is 25.3 Å². The molecule has 3 heterocycles. The van der Waals surface area contributed by atoms with Crippen LogP contribution >= 0.6 is 0 Å². The maximum Gasteiger partial charge on any atom is 0.282 e. The Morgan fingerprint density at radius 2 is 2.07 bits per heavy atom. The zero-order chi connectivity index (χ0) is 20.6. The number of fused-ring (bicyclic) bond motifs is 1. The van der Waals surface area contributed by atoms with E-state index in [9.17, 15) is 13.6 Å². The fraction of sp³-hybridized carbons (Fsp3) is 0.524. The van der Waals surface area contributed by atoms with Gasteiger partial charge < -0.3 is 14.8 Å². The molecule has 0 saturated carbocycles. The van der Waals surface area contributed by atoms with Crippen molar-refractivity contribution in [2.45, 2.75) is 57.7 Å². The molecule has 6 nitrogen and oxygen atoms in total.